The molecule has 1 aromatic carbocycles. The van der Waals surface area contributed by atoms with E-state index in [-0.39, 0.29) is 18.1 Å². The molecule has 0 aromatic heterocycles. The summed E-state index contributed by atoms with van der Waals surface area (Å²) in [6.07, 6.45) is 0.684. The van der Waals surface area contributed by atoms with Crippen LogP contribution in [0.2, 0.25) is 0 Å². The second-order valence-corrected chi connectivity index (χ2v) is 6.11. The number of hydrogen-bond donors (Lipinski definition) is 1. The van der Waals surface area contributed by atoms with Gasteiger partial charge in [0.25, 0.3) is 5.91 Å². The van der Waals surface area contributed by atoms with E-state index < -0.39 is 6.10 Å². The largest absolute Gasteiger partial charge is 0.496 e. The maximum absolute atomic E-state index is 13.0. The van der Waals surface area contributed by atoms with Crippen molar-refractivity contribution in [2.75, 3.05) is 27.4 Å². The Bertz CT molecular complexity index is 578. The van der Waals surface area contributed by atoms with E-state index >= 15 is 0 Å². The van der Waals surface area contributed by atoms with Crippen molar-refractivity contribution in [2.45, 2.75) is 38.0 Å². The smallest absolute Gasteiger partial charge is 0.254 e. The maximum Gasteiger partial charge on any atom is 0.254 e. The number of morpholine rings is 1. The zero-order valence-corrected chi connectivity index (χ0v) is 13.7. The van der Waals surface area contributed by atoms with E-state index in [0.717, 1.165) is 5.56 Å². The van der Waals surface area contributed by atoms with Gasteiger partial charge in [0.05, 0.1) is 39.1 Å². The molecule has 0 bridgehead atoms. The van der Waals surface area contributed by atoms with Crippen molar-refractivity contribution in [3.05, 3.63) is 23.3 Å². The Labute approximate surface area is 135 Å². The summed E-state index contributed by atoms with van der Waals surface area (Å²) in [5.74, 6) is 1.18. The number of amides is 1. The number of fused-ring (bicyclic) bond motifs is 1. The van der Waals surface area contributed by atoms with Gasteiger partial charge in [-0.3, -0.25) is 4.79 Å². The van der Waals surface area contributed by atoms with Crippen molar-refractivity contribution in [2.24, 2.45) is 0 Å². The summed E-state index contributed by atoms with van der Waals surface area (Å²) in [4.78, 5) is 14.8. The van der Waals surface area contributed by atoms with Crippen LogP contribution in [0.4, 0.5) is 0 Å². The summed E-state index contributed by atoms with van der Waals surface area (Å²) in [5, 5.41) is 9.87. The third kappa shape index (κ3) is 2.88. The monoisotopic (exact) mass is 321 g/mol. The fraction of sp³-hybridized carbons (Fsp3) is 0.588. The number of ether oxygens (including phenoxy) is 3. The Balaban J connectivity index is 1.90. The van der Waals surface area contributed by atoms with Gasteiger partial charge in [0.15, 0.2) is 0 Å². The molecule has 2 fully saturated rings. The first-order valence-corrected chi connectivity index (χ1v) is 7.88. The highest BCUT2D eigenvalue weighted by atomic mass is 16.5. The Hall–Kier alpha value is -1.79. The molecule has 6 heteroatoms. The Kier molecular flexibility index (Phi) is 4.46. The first-order chi connectivity index (χ1) is 11.0. The van der Waals surface area contributed by atoms with Crippen LogP contribution >= 0.6 is 0 Å². The molecule has 6 nitrogen and oxygen atoms in total. The van der Waals surface area contributed by atoms with Crippen molar-refractivity contribution < 1.29 is 24.1 Å². The van der Waals surface area contributed by atoms with Gasteiger partial charge < -0.3 is 24.2 Å². The molecule has 3 atom stereocenters. The highest BCUT2D eigenvalue weighted by molar-refractivity contribution is 5.95. The van der Waals surface area contributed by atoms with E-state index in [9.17, 15) is 9.90 Å². The van der Waals surface area contributed by atoms with Crippen LogP contribution in [0.3, 0.4) is 0 Å². The fourth-order valence-corrected chi connectivity index (χ4v) is 3.55. The van der Waals surface area contributed by atoms with Gasteiger partial charge in [0.2, 0.25) is 0 Å². The minimum absolute atomic E-state index is 0.0652. The Morgan fingerprint density at radius 3 is 2.52 bits per heavy atom. The number of rotatable bonds is 3. The van der Waals surface area contributed by atoms with Gasteiger partial charge in [-0.1, -0.05) is 0 Å². The molecule has 1 aromatic rings. The topological polar surface area (TPSA) is 68.2 Å². The van der Waals surface area contributed by atoms with Crippen molar-refractivity contribution in [1.82, 2.24) is 4.90 Å². The van der Waals surface area contributed by atoms with Gasteiger partial charge >= 0.3 is 0 Å². The number of aliphatic hydroxyl groups excluding tert-OH is 1. The number of hydrogen-bond acceptors (Lipinski definition) is 5. The molecular formula is C17H23NO5. The summed E-state index contributed by atoms with van der Waals surface area (Å²) in [6, 6.07) is 3.43. The second-order valence-electron chi connectivity index (χ2n) is 6.11. The molecule has 1 saturated carbocycles. The van der Waals surface area contributed by atoms with Gasteiger partial charge in [-0.15, -0.1) is 0 Å². The highest BCUT2D eigenvalue weighted by Gasteiger charge is 2.42. The van der Waals surface area contributed by atoms with Crippen LogP contribution in [0.15, 0.2) is 12.1 Å². The number of carbonyl (C=O) groups is 1. The minimum atomic E-state index is -0.402. The fourth-order valence-electron chi connectivity index (χ4n) is 3.55. The van der Waals surface area contributed by atoms with Crippen molar-refractivity contribution in [1.29, 1.82) is 0 Å². The van der Waals surface area contributed by atoms with Gasteiger partial charge in [-0.05, 0) is 25.5 Å². The standard InChI is InChI=1S/C17H23NO5/c1-10-14(21-2)6-11(7-15(10)22-3)17(20)18-4-5-23-16-9-12(19)8-13(16)18/h6-7,12-13,16,19H,4-5,8-9H2,1-3H3/t12-,13+,16-/m1/s1. The first kappa shape index (κ1) is 16.1. The van der Waals surface area contributed by atoms with E-state index in [2.05, 4.69) is 0 Å². The highest BCUT2D eigenvalue weighted by Crippen LogP contribution is 2.34. The van der Waals surface area contributed by atoms with Gasteiger partial charge in [-0.25, -0.2) is 0 Å². The van der Waals surface area contributed by atoms with Crippen LogP contribution in [-0.4, -0.2) is 61.5 Å². The molecule has 0 spiro atoms. The van der Waals surface area contributed by atoms with E-state index in [4.69, 9.17) is 14.2 Å². The first-order valence-electron chi connectivity index (χ1n) is 7.88. The molecule has 1 amide bonds. The number of aliphatic hydroxyl groups is 1. The van der Waals surface area contributed by atoms with Crippen LogP contribution in [-0.2, 0) is 4.74 Å². The molecule has 1 saturated heterocycles. The molecule has 0 radical (unpaired) electrons. The van der Waals surface area contributed by atoms with Gasteiger partial charge in [0, 0.05) is 24.1 Å². The lowest BCUT2D eigenvalue weighted by molar-refractivity contribution is -0.0451. The summed E-state index contributed by atoms with van der Waals surface area (Å²) >= 11 is 0. The van der Waals surface area contributed by atoms with E-state index in [0.29, 0.717) is 43.1 Å². The third-order valence-electron chi connectivity index (χ3n) is 4.77. The van der Waals surface area contributed by atoms with E-state index in [1.807, 2.05) is 11.8 Å². The van der Waals surface area contributed by atoms with E-state index in [1.54, 1.807) is 26.4 Å². The molecule has 0 unspecified atom stereocenters. The van der Waals surface area contributed by atoms with Gasteiger partial charge in [0.1, 0.15) is 11.5 Å². The van der Waals surface area contributed by atoms with Crippen LogP contribution in [0, 0.1) is 6.92 Å². The van der Waals surface area contributed by atoms with Crippen LogP contribution in [0.25, 0.3) is 0 Å². The molecular weight excluding hydrogens is 298 g/mol. The normalized spacial score (nSPS) is 26.8. The maximum atomic E-state index is 13.0. The Morgan fingerprint density at radius 2 is 1.91 bits per heavy atom. The zero-order valence-electron chi connectivity index (χ0n) is 13.7. The van der Waals surface area contributed by atoms with E-state index in [1.165, 1.54) is 0 Å². The number of carbonyl (C=O) groups excluding carboxylic acids is 1. The molecule has 23 heavy (non-hydrogen) atoms. The predicted molar refractivity (Wildman–Crippen MR) is 84.1 cm³/mol. The summed E-state index contributed by atoms with van der Waals surface area (Å²) in [5.41, 5.74) is 1.40. The zero-order chi connectivity index (χ0) is 16.6. The average molecular weight is 321 g/mol. The van der Waals surface area contributed by atoms with Gasteiger partial charge in [-0.2, -0.15) is 0 Å². The predicted octanol–water partition coefficient (Wildman–Crippen LogP) is 1.38. The molecule has 1 N–H and O–H groups in total. The molecule has 126 valence electrons. The lowest BCUT2D eigenvalue weighted by Gasteiger charge is -2.37. The molecule has 1 aliphatic heterocycles. The lowest BCUT2D eigenvalue weighted by Crippen LogP contribution is -2.51. The Morgan fingerprint density at radius 1 is 1.26 bits per heavy atom. The number of benzene rings is 1. The van der Waals surface area contributed by atoms with Crippen LogP contribution in [0.5, 0.6) is 11.5 Å². The molecule has 1 heterocycles. The quantitative estimate of drug-likeness (QED) is 0.911. The summed E-state index contributed by atoms with van der Waals surface area (Å²) in [7, 11) is 3.16. The average Bonchev–Trinajstić information content (AvgIpc) is 2.94. The van der Waals surface area contributed by atoms with Crippen LogP contribution in [0.1, 0.15) is 28.8 Å². The third-order valence-corrected chi connectivity index (χ3v) is 4.77. The van der Waals surface area contributed by atoms with Crippen LogP contribution < -0.4 is 9.47 Å². The molecule has 2 aliphatic rings. The second kappa shape index (κ2) is 6.37. The van der Waals surface area contributed by atoms with Crippen molar-refractivity contribution in [3.8, 4) is 11.5 Å². The number of methoxy groups -OCH3 is 2. The molecule has 1 aliphatic carbocycles. The summed E-state index contributed by atoms with van der Waals surface area (Å²) in [6.45, 7) is 2.93. The minimum Gasteiger partial charge on any atom is -0.496 e. The SMILES string of the molecule is COc1cc(C(=O)N2CCO[C@@H]3C[C@H](O)C[C@@H]32)cc(OC)c1C. The van der Waals surface area contributed by atoms with Crippen molar-refractivity contribution in [3.63, 3.8) is 0 Å². The summed E-state index contributed by atoms with van der Waals surface area (Å²) < 4.78 is 16.4. The molecule has 3 rings (SSSR count). The number of nitrogens with zero attached hydrogens (tertiary/aromatic N) is 1. The lowest BCUT2D eigenvalue weighted by atomic mass is 10.1. The van der Waals surface area contributed by atoms with Crippen molar-refractivity contribution >= 4 is 5.91 Å².